The Morgan fingerprint density at radius 3 is 3.00 bits per heavy atom. The van der Waals surface area contributed by atoms with E-state index in [1.807, 2.05) is 18.3 Å². The molecule has 2 aromatic heterocycles. The quantitative estimate of drug-likeness (QED) is 0.776. The molecule has 0 aromatic carbocycles. The normalized spacial score (nSPS) is 19.1. The van der Waals surface area contributed by atoms with Gasteiger partial charge in [0.05, 0.1) is 0 Å². The lowest BCUT2D eigenvalue weighted by Gasteiger charge is -2.12. The summed E-state index contributed by atoms with van der Waals surface area (Å²) in [7, 11) is 0. The Labute approximate surface area is 106 Å². The van der Waals surface area contributed by atoms with Crippen molar-refractivity contribution in [1.82, 2.24) is 15.0 Å². The average Bonchev–Trinajstić information content (AvgIpc) is 2.61. The third-order valence-electron chi connectivity index (χ3n) is 3.40. The maximum absolute atomic E-state index is 6.14. The first-order valence-electron chi connectivity index (χ1n) is 6.36. The van der Waals surface area contributed by atoms with Crippen LogP contribution in [0.5, 0.6) is 0 Å². The van der Waals surface area contributed by atoms with Gasteiger partial charge in [-0.05, 0) is 31.4 Å². The van der Waals surface area contributed by atoms with Gasteiger partial charge in [-0.2, -0.15) is 0 Å². The molecule has 92 valence electrons. The Kier molecular flexibility index (Phi) is 3.02. The zero-order valence-corrected chi connectivity index (χ0v) is 10.2. The molecular formula is C14H16N4. The number of hydrogen-bond acceptors (Lipinski definition) is 4. The Hall–Kier alpha value is -1.81. The van der Waals surface area contributed by atoms with Gasteiger partial charge in [0, 0.05) is 41.5 Å². The van der Waals surface area contributed by atoms with Crippen molar-refractivity contribution < 1.29 is 0 Å². The second kappa shape index (κ2) is 4.82. The second-order valence-electron chi connectivity index (χ2n) is 4.69. The number of pyridine rings is 1. The fourth-order valence-electron chi connectivity index (χ4n) is 2.38. The van der Waals surface area contributed by atoms with Crippen LogP contribution >= 0.6 is 0 Å². The van der Waals surface area contributed by atoms with Gasteiger partial charge in [-0.25, -0.2) is 9.97 Å². The molecule has 0 spiro atoms. The first kappa shape index (κ1) is 11.3. The highest BCUT2D eigenvalue weighted by Crippen LogP contribution is 2.26. The standard InChI is InChI=1S/C14H16N4/c15-12-5-1-2-6-13-11(12)9-17-14(18-13)10-4-3-7-16-8-10/h3-4,7-9,12H,1-2,5-6,15H2. The molecule has 2 heterocycles. The molecule has 0 bridgehead atoms. The first-order chi connectivity index (χ1) is 8.84. The summed E-state index contributed by atoms with van der Waals surface area (Å²) in [5.74, 6) is 0.746. The lowest BCUT2D eigenvalue weighted by molar-refractivity contribution is 0.614. The molecule has 1 atom stereocenters. The number of aromatic nitrogens is 3. The van der Waals surface area contributed by atoms with Crippen LogP contribution in [-0.2, 0) is 6.42 Å². The van der Waals surface area contributed by atoms with Crippen LogP contribution in [0.4, 0.5) is 0 Å². The van der Waals surface area contributed by atoms with Gasteiger partial charge in [0.1, 0.15) is 0 Å². The maximum atomic E-state index is 6.14. The zero-order chi connectivity index (χ0) is 12.4. The lowest BCUT2D eigenvalue weighted by Crippen LogP contribution is -2.12. The highest BCUT2D eigenvalue weighted by atomic mass is 14.9. The van der Waals surface area contributed by atoms with Crippen molar-refractivity contribution in [1.29, 1.82) is 0 Å². The average molecular weight is 240 g/mol. The molecule has 0 radical (unpaired) electrons. The number of nitrogens with zero attached hydrogens (tertiary/aromatic N) is 3. The SMILES string of the molecule is NC1CCCCc2nc(-c3cccnc3)ncc21. The van der Waals surface area contributed by atoms with E-state index in [9.17, 15) is 0 Å². The highest BCUT2D eigenvalue weighted by Gasteiger charge is 2.17. The summed E-state index contributed by atoms with van der Waals surface area (Å²) in [6.07, 6.45) is 9.78. The van der Waals surface area contributed by atoms with Gasteiger partial charge in [-0.3, -0.25) is 4.98 Å². The summed E-state index contributed by atoms with van der Waals surface area (Å²) in [5.41, 5.74) is 9.32. The lowest BCUT2D eigenvalue weighted by atomic mass is 10.1. The molecule has 18 heavy (non-hydrogen) atoms. The Morgan fingerprint density at radius 2 is 2.17 bits per heavy atom. The van der Waals surface area contributed by atoms with Crippen molar-refractivity contribution in [3.8, 4) is 11.4 Å². The molecular weight excluding hydrogens is 224 g/mol. The monoisotopic (exact) mass is 240 g/mol. The van der Waals surface area contributed by atoms with Crippen molar-refractivity contribution in [2.24, 2.45) is 5.73 Å². The van der Waals surface area contributed by atoms with Crippen molar-refractivity contribution in [3.63, 3.8) is 0 Å². The summed E-state index contributed by atoms with van der Waals surface area (Å²) >= 11 is 0. The van der Waals surface area contributed by atoms with Gasteiger partial charge in [0.15, 0.2) is 5.82 Å². The smallest absolute Gasteiger partial charge is 0.160 e. The molecule has 0 amide bonds. The van der Waals surface area contributed by atoms with Crippen LogP contribution in [0.2, 0.25) is 0 Å². The number of hydrogen-bond donors (Lipinski definition) is 1. The summed E-state index contributed by atoms with van der Waals surface area (Å²) in [5, 5.41) is 0. The van der Waals surface area contributed by atoms with Crippen LogP contribution in [-0.4, -0.2) is 15.0 Å². The van der Waals surface area contributed by atoms with Crippen molar-refractivity contribution >= 4 is 0 Å². The number of fused-ring (bicyclic) bond motifs is 1. The molecule has 1 aliphatic rings. The van der Waals surface area contributed by atoms with E-state index in [0.29, 0.717) is 0 Å². The largest absolute Gasteiger partial charge is 0.324 e. The van der Waals surface area contributed by atoms with E-state index >= 15 is 0 Å². The minimum Gasteiger partial charge on any atom is -0.324 e. The molecule has 1 aliphatic carbocycles. The van der Waals surface area contributed by atoms with Crippen molar-refractivity contribution in [3.05, 3.63) is 42.0 Å². The fraction of sp³-hybridized carbons (Fsp3) is 0.357. The van der Waals surface area contributed by atoms with Crippen molar-refractivity contribution in [2.75, 3.05) is 0 Å². The molecule has 2 N–H and O–H groups in total. The van der Waals surface area contributed by atoms with Crippen LogP contribution in [0.25, 0.3) is 11.4 Å². The van der Waals surface area contributed by atoms with Crippen molar-refractivity contribution in [2.45, 2.75) is 31.7 Å². The first-order valence-corrected chi connectivity index (χ1v) is 6.36. The van der Waals surface area contributed by atoms with E-state index in [-0.39, 0.29) is 6.04 Å². The van der Waals surface area contributed by atoms with Gasteiger partial charge in [0.2, 0.25) is 0 Å². The van der Waals surface area contributed by atoms with E-state index in [0.717, 1.165) is 41.9 Å². The van der Waals surface area contributed by atoms with Crippen LogP contribution in [0.15, 0.2) is 30.7 Å². The van der Waals surface area contributed by atoms with Gasteiger partial charge >= 0.3 is 0 Å². The Morgan fingerprint density at radius 1 is 1.22 bits per heavy atom. The number of aryl methyl sites for hydroxylation is 1. The molecule has 4 heteroatoms. The van der Waals surface area contributed by atoms with Crippen LogP contribution in [0, 0.1) is 0 Å². The summed E-state index contributed by atoms with van der Waals surface area (Å²) in [6.45, 7) is 0. The predicted molar refractivity (Wildman–Crippen MR) is 69.7 cm³/mol. The summed E-state index contributed by atoms with van der Waals surface area (Å²) < 4.78 is 0. The molecule has 4 nitrogen and oxygen atoms in total. The molecule has 2 aromatic rings. The Balaban J connectivity index is 2.03. The van der Waals surface area contributed by atoms with E-state index < -0.39 is 0 Å². The van der Waals surface area contributed by atoms with Crippen LogP contribution < -0.4 is 5.73 Å². The minimum absolute atomic E-state index is 0.0884. The maximum Gasteiger partial charge on any atom is 0.160 e. The topological polar surface area (TPSA) is 64.7 Å². The molecule has 0 saturated heterocycles. The highest BCUT2D eigenvalue weighted by molar-refractivity contribution is 5.53. The predicted octanol–water partition coefficient (Wildman–Crippen LogP) is 2.26. The minimum atomic E-state index is 0.0884. The summed E-state index contributed by atoms with van der Waals surface area (Å²) in [4.78, 5) is 13.2. The Bertz CT molecular complexity index is 539. The van der Waals surface area contributed by atoms with Gasteiger partial charge in [0.25, 0.3) is 0 Å². The third kappa shape index (κ3) is 2.11. The van der Waals surface area contributed by atoms with E-state index in [2.05, 4.69) is 15.0 Å². The van der Waals surface area contributed by atoms with Gasteiger partial charge in [-0.1, -0.05) is 6.42 Å². The fourth-order valence-corrected chi connectivity index (χ4v) is 2.38. The molecule has 0 fully saturated rings. The number of nitrogens with two attached hydrogens (primary N) is 1. The van der Waals surface area contributed by atoms with Crippen LogP contribution in [0.1, 0.15) is 36.6 Å². The molecule has 0 saturated carbocycles. The molecule has 3 rings (SSSR count). The third-order valence-corrected chi connectivity index (χ3v) is 3.40. The van der Waals surface area contributed by atoms with Crippen LogP contribution in [0.3, 0.4) is 0 Å². The molecule has 0 aliphatic heterocycles. The number of rotatable bonds is 1. The summed E-state index contributed by atoms with van der Waals surface area (Å²) in [6, 6.07) is 3.96. The van der Waals surface area contributed by atoms with E-state index in [1.54, 1.807) is 12.4 Å². The van der Waals surface area contributed by atoms with E-state index in [4.69, 9.17) is 5.73 Å². The van der Waals surface area contributed by atoms with Gasteiger partial charge in [-0.15, -0.1) is 0 Å². The molecule has 1 unspecified atom stereocenters. The zero-order valence-electron chi connectivity index (χ0n) is 10.2. The second-order valence-corrected chi connectivity index (χ2v) is 4.69. The van der Waals surface area contributed by atoms with Gasteiger partial charge < -0.3 is 5.73 Å². The van der Waals surface area contributed by atoms with E-state index in [1.165, 1.54) is 6.42 Å².